The molecule has 0 aromatic rings. The fourth-order valence-electron chi connectivity index (χ4n) is 4.85. The van der Waals surface area contributed by atoms with Crippen LogP contribution in [0.25, 0.3) is 0 Å². The van der Waals surface area contributed by atoms with Gasteiger partial charge in [0.25, 0.3) is 0 Å². The molecule has 0 radical (unpaired) electrons. The summed E-state index contributed by atoms with van der Waals surface area (Å²) in [4.78, 5) is 48.7. The van der Waals surface area contributed by atoms with Crippen LogP contribution in [0, 0.1) is 29.6 Å². The van der Waals surface area contributed by atoms with Crippen LogP contribution in [0.15, 0.2) is 12.2 Å². The monoisotopic (exact) mass is 393 g/mol. The molecule has 1 heterocycles. The van der Waals surface area contributed by atoms with Gasteiger partial charge in [-0.15, -0.1) is 0 Å². The molecule has 1 saturated heterocycles. The summed E-state index contributed by atoms with van der Waals surface area (Å²) in [6, 6.07) is 0. The second-order valence-electron chi connectivity index (χ2n) is 7.17. The molecule has 0 spiro atoms. The molecule has 1 aliphatic heterocycles. The standard InChI is InChI=1S/C18H23NO5.2C2H6/c1-10(20)7-12-8-13-9-14(12)16-15(13)17(22)19(18(16)23)5-3-4-6-24-11(2)21;2*1-2/h3-4,12-16H,5-9H2,1-2H3;2*1-2H3/b4-3-;;. The first-order valence-corrected chi connectivity index (χ1v) is 10.5. The lowest BCUT2D eigenvalue weighted by atomic mass is 9.73. The van der Waals surface area contributed by atoms with E-state index in [1.807, 2.05) is 27.7 Å². The van der Waals surface area contributed by atoms with E-state index < -0.39 is 0 Å². The fourth-order valence-corrected chi connectivity index (χ4v) is 4.85. The first kappa shape index (κ1) is 24.1. The van der Waals surface area contributed by atoms with Crippen molar-refractivity contribution < 1.29 is 23.9 Å². The highest BCUT2D eigenvalue weighted by atomic mass is 16.5. The van der Waals surface area contributed by atoms with E-state index in [2.05, 4.69) is 0 Å². The Hall–Kier alpha value is -1.98. The van der Waals surface area contributed by atoms with Gasteiger partial charge in [0.1, 0.15) is 12.4 Å². The summed E-state index contributed by atoms with van der Waals surface area (Å²) in [5.41, 5.74) is 0. The van der Waals surface area contributed by atoms with Gasteiger partial charge in [-0.1, -0.05) is 33.8 Å². The summed E-state index contributed by atoms with van der Waals surface area (Å²) in [5.74, 6) is -0.119. The predicted molar refractivity (Wildman–Crippen MR) is 107 cm³/mol. The number of rotatable bonds is 6. The van der Waals surface area contributed by atoms with Crippen LogP contribution in [-0.2, 0) is 23.9 Å². The summed E-state index contributed by atoms with van der Waals surface area (Å²) < 4.78 is 4.78. The number of Topliss-reactive ketones (excluding diaryl/α,β-unsaturated/α-hetero) is 1. The number of amides is 2. The van der Waals surface area contributed by atoms with Crippen molar-refractivity contribution >= 4 is 23.6 Å². The summed E-state index contributed by atoms with van der Waals surface area (Å²) in [5, 5.41) is 0. The summed E-state index contributed by atoms with van der Waals surface area (Å²) in [7, 11) is 0. The first-order valence-electron chi connectivity index (χ1n) is 10.5. The SMILES string of the molecule is CC.CC.CC(=O)CC1CC2CC1C1C(=O)N(C/C=C\COC(C)=O)C(=O)C21. The topological polar surface area (TPSA) is 80.8 Å². The Kier molecular flexibility index (Phi) is 9.56. The Balaban J connectivity index is 0.000000921. The van der Waals surface area contributed by atoms with Crippen molar-refractivity contribution in [2.75, 3.05) is 13.2 Å². The van der Waals surface area contributed by atoms with Crippen molar-refractivity contribution in [3.63, 3.8) is 0 Å². The third-order valence-corrected chi connectivity index (χ3v) is 5.63. The van der Waals surface area contributed by atoms with E-state index in [0.29, 0.717) is 6.42 Å². The quantitative estimate of drug-likeness (QED) is 0.392. The second kappa shape index (κ2) is 11.1. The number of hydrogen-bond acceptors (Lipinski definition) is 5. The minimum atomic E-state index is -0.365. The molecule has 5 unspecified atom stereocenters. The van der Waals surface area contributed by atoms with Gasteiger partial charge in [0.05, 0.1) is 11.8 Å². The third-order valence-electron chi connectivity index (χ3n) is 5.63. The van der Waals surface area contributed by atoms with Crippen LogP contribution in [0.2, 0.25) is 0 Å². The molecule has 3 rings (SSSR count). The van der Waals surface area contributed by atoms with Gasteiger partial charge in [-0.2, -0.15) is 0 Å². The molecular weight excluding hydrogens is 358 g/mol. The Morgan fingerprint density at radius 1 is 1.00 bits per heavy atom. The molecule has 3 aliphatic rings. The molecule has 2 saturated carbocycles. The molecule has 6 heteroatoms. The van der Waals surface area contributed by atoms with Crippen LogP contribution in [0.5, 0.6) is 0 Å². The molecule has 3 fully saturated rings. The molecule has 2 amide bonds. The first-order chi connectivity index (χ1) is 13.4. The molecule has 2 aliphatic carbocycles. The van der Waals surface area contributed by atoms with Crippen molar-refractivity contribution in [3.05, 3.63) is 12.2 Å². The number of likely N-dealkylation sites (tertiary alicyclic amines) is 1. The van der Waals surface area contributed by atoms with Gasteiger partial charge in [0.15, 0.2) is 0 Å². The smallest absolute Gasteiger partial charge is 0.302 e. The normalized spacial score (nSPS) is 29.8. The van der Waals surface area contributed by atoms with Crippen LogP contribution < -0.4 is 0 Å². The lowest BCUT2D eigenvalue weighted by Crippen LogP contribution is -2.33. The molecule has 5 atom stereocenters. The fraction of sp³-hybridized carbons (Fsp3) is 0.727. The molecule has 2 bridgehead atoms. The summed E-state index contributed by atoms with van der Waals surface area (Å²) >= 11 is 0. The maximum absolute atomic E-state index is 12.7. The van der Waals surface area contributed by atoms with E-state index in [1.54, 1.807) is 19.1 Å². The van der Waals surface area contributed by atoms with E-state index >= 15 is 0 Å². The zero-order valence-corrected chi connectivity index (χ0v) is 18.1. The number of nitrogens with zero attached hydrogens (tertiary/aromatic N) is 1. The van der Waals surface area contributed by atoms with E-state index in [1.165, 1.54) is 11.8 Å². The van der Waals surface area contributed by atoms with Crippen LogP contribution >= 0.6 is 0 Å². The number of esters is 1. The van der Waals surface area contributed by atoms with E-state index in [-0.39, 0.29) is 66.3 Å². The van der Waals surface area contributed by atoms with E-state index in [0.717, 1.165) is 12.8 Å². The Morgan fingerprint density at radius 2 is 1.61 bits per heavy atom. The highest BCUT2D eigenvalue weighted by Gasteiger charge is 2.63. The van der Waals surface area contributed by atoms with Gasteiger partial charge in [0, 0.05) is 19.9 Å². The largest absolute Gasteiger partial charge is 0.462 e. The second-order valence-corrected chi connectivity index (χ2v) is 7.17. The molecule has 0 aromatic heterocycles. The number of carbonyl (C=O) groups is 4. The molecule has 28 heavy (non-hydrogen) atoms. The average Bonchev–Trinajstić information content (AvgIpc) is 3.30. The number of ketones is 1. The number of imide groups is 1. The Labute approximate surface area is 168 Å². The van der Waals surface area contributed by atoms with Gasteiger partial charge >= 0.3 is 5.97 Å². The van der Waals surface area contributed by atoms with Crippen LogP contribution in [0.3, 0.4) is 0 Å². The van der Waals surface area contributed by atoms with Gasteiger partial charge < -0.3 is 9.53 Å². The minimum absolute atomic E-state index is 0.0732. The van der Waals surface area contributed by atoms with E-state index in [4.69, 9.17) is 4.74 Å². The van der Waals surface area contributed by atoms with Crippen LogP contribution in [0.1, 0.15) is 60.8 Å². The van der Waals surface area contributed by atoms with Crippen molar-refractivity contribution in [2.24, 2.45) is 29.6 Å². The predicted octanol–water partition coefficient (Wildman–Crippen LogP) is 3.39. The highest BCUT2D eigenvalue weighted by molar-refractivity contribution is 6.06. The number of carbonyl (C=O) groups excluding carboxylic acids is 4. The average molecular weight is 394 g/mol. The van der Waals surface area contributed by atoms with Gasteiger partial charge in [-0.25, -0.2) is 0 Å². The third kappa shape index (κ3) is 5.09. The van der Waals surface area contributed by atoms with Gasteiger partial charge in [-0.05, 0) is 43.6 Å². The Bertz CT molecular complexity index is 612. The summed E-state index contributed by atoms with van der Waals surface area (Å²) in [6.45, 7) is 11.3. The van der Waals surface area contributed by atoms with Crippen LogP contribution in [0.4, 0.5) is 0 Å². The molecular formula is C22H35NO5. The molecule has 6 nitrogen and oxygen atoms in total. The van der Waals surface area contributed by atoms with Crippen molar-refractivity contribution in [2.45, 2.75) is 60.8 Å². The highest BCUT2D eigenvalue weighted by Crippen LogP contribution is 2.59. The van der Waals surface area contributed by atoms with Crippen LogP contribution in [-0.4, -0.2) is 41.6 Å². The van der Waals surface area contributed by atoms with Crippen molar-refractivity contribution in [1.29, 1.82) is 0 Å². The lowest BCUT2D eigenvalue weighted by molar-refractivity contribution is -0.141. The molecule has 0 aromatic carbocycles. The van der Waals surface area contributed by atoms with Gasteiger partial charge in [0.2, 0.25) is 11.8 Å². The number of hydrogen-bond donors (Lipinski definition) is 0. The molecule has 0 N–H and O–H groups in total. The molecule has 158 valence electrons. The zero-order chi connectivity index (χ0) is 21.4. The number of ether oxygens (including phenoxy) is 1. The zero-order valence-electron chi connectivity index (χ0n) is 18.1. The summed E-state index contributed by atoms with van der Waals surface area (Å²) in [6.07, 6.45) is 5.65. The van der Waals surface area contributed by atoms with Crippen molar-refractivity contribution in [3.8, 4) is 0 Å². The van der Waals surface area contributed by atoms with E-state index in [9.17, 15) is 19.2 Å². The lowest BCUT2D eigenvalue weighted by Gasteiger charge is -2.27. The maximum atomic E-state index is 12.7. The van der Waals surface area contributed by atoms with Gasteiger partial charge in [-0.3, -0.25) is 19.3 Å². The van der Waals surface area contributed by atoms with Crippen molar-refractivity contribution in [1.82, 2.24) is 4.90 Å². The maximum Gasteiger partial charge on any atom is 0.302 e. The number of fused-ring (bicyclic) bond motifs is 5. The Morgan fingerprint density at radius 3 is 2.18 bits per heavy atom. The minimum Gasteiger partial charge on any atom is -0.462 e.